The van der Waals surface area contributed by atoms with E-state index in [1.165, 1.54) is 30.0 Å². The molecule has 1 atom stereocenters. The number of fused-ring (bicyclic) bond motifs is 1. The van der Waals surface area contributed by atoms with Crippen LogP contribution in [-0.2, 0) is 9.59 Å². The number of nitrogens with zero attached hydrogens (tertiary/aromatic N) is 3. The van der Waals surface area contributed by atoms with Gasteiger partial charge < -0.3 is 5.32 Å². The molecule has 1 fully saturated rings. The number of rotatable bonds is 4. The van der Waals surface area contributed by atoms with Crippen LogP contribution in [0.1, 0.15) is 12.8 Å². The van der Waals surface area contributed by atoms with Gasteiger partial charge in [-0.3, -0.25) is 29.6 Å². The maximum atomic E-state index is 12.2. The van der Waals surface area contributed by atoms with Crippen molar-refractivity contribution in [3.63, 3.8) is 0 Å². The second kappa shape index (κ2) is 6.37. The van der Waals surface area contributed by atoms with Crippen molar-refractivity contribution in [3.8, 4) is 0 Å². The first-order valence-corrected chi connectivity index (χ1v) is 7.99. The van der Waals surface area contributed by atoms with Crippen LogP contribution in [0.15, 0.2) is 29.3 Å². The molecule has 0 bridgehead atoms. The summed E-state index contributed by atoms with van der Waals surface area (Å²) in [6.45, 7) is 1.35. The summed E-state index contributed by atoms with van der Waals surface area (Å²) >= 11 is 1.31. The lowest BCUT2D eigenvalue weighted by molar-refractivity contribution is -0.384. The highest BCUT2D eigenvalue weighted by atomic mass is 32.2. The molecular formula is C14H14N4O4S. The Kier molecular flexibility index (Phi) is 4.28. The Bertz CT molecular complexity index is 706. The summed E-state index contributed by atoms with van der Waals surface area (Å²) in [5.74, 6) is -0.445. The molecule has 2 aliphatic heterocycles. The van der Waals surface area contributed by atoms with Crippen LogP contribution in [0.25, 0.3) is 0 Å². The lowest BCUT2D eigenvalue weighted by atomic mass is 10.2. The van der Waals surface area contributed by atoms with Crippen LogP contribution in [0, 0.1) is 10.1 Å². The number of benzene rings is 1. The first kappa shape index (κ1) is 15.5. The Balaban J connectivity index is 1.63. The number of nitrogens with one attached hydrogen (secondary N) is 1. The molecule has 0 spiro atoms. The van der Waals surface area contributed by atoms with Gasteiger partial charge in [0.25, 0.3) is 5.69 Å². The second-order valence-electron chi connectivity index (χ2n) is 5.17. The number of anilines is 1. The Morgan fingerprint density at radius 2 is 2.35 bits per heavy atom. The summed E-state index contributed by atoms with van der Waals surface area (Å²) in [4.78, 5) is 40.4. The number of hydrogen-bond donors (Lipinski definition) is 1. The van der Waals surface area contributed by atoms with Crippen molar-refractivity contribution in [2.75, 3.05) is 18.4 Å². The minimum absolute atomic E-state index is 0.0156. The maximum absolute atomic E-state index is 12.2. The molecule has 0 aliphatic carbocycles. The lowest BCUT2D eigenvalue weighted by Gasteiger charge is -2.19. The van der Waals surface area contributed by atoms with Crippen LogP contribution in [0.2, 0.25) is 0 Å². The Morgan fingerprint density at radius 3 is 3.09 bits per heavy atom. The molecule has 0 aromatic heterocycles. The van der Waals surface area contributed by atoms with Gasteiger partial charge in [0.1, 0.15) is 5.25 Å². The fraction of sp³-hybridized carbons (Fsp3) is 0.357. The van der Waals surface area contributed by atoms with Crippen molar-refractivity contribution < 1.29 is 14.5 Å². The molecule has 2 heterocycles. The topological polar surface area (TPSA) is 105 Å². The summed E-state index contributed by atoms with van der Waals surface area (Å²) in [6.07, 6.45) is 0.851. The standard InChI is InChI=1S/C14H14N4O4S/c19-12(16-9-3-1-4-10(7-9)18(21)22)8-11-13(20)17-6-2-5-15-14(17)23-11/h1,3-4,7,11H,2,5-6,8H2,(H,16,19). The Morgan fingerprint density at radius 1 is 1.52 bits per heavy atom. The summed E-state index contributed by atoms with van der Waals surface area (Å²) in [6, 6.07) is 5.71. The highest BCUT2D eigenvalue weighted by Crippen LogP contribution is 2.31. The molecule has 23 heavy (non-hydrogen) atoms. The Hall–Kier alpha value is -2.42. The van der Waals surface area contributed by atoms with Crippen LogP contribution in [0.4, 0.5) is 11.4 Å². The van der Waals surface area contributed by atoms with Crippen LogP contribution < -0.4 is 5.32 Å². The van der Waals surface area contributed by atoms with Crippen molar-refractivity contribution in [2.24, 2.45) is 4.99 Å². The molecule has 1 aromatic carbocycles. The molecule has 8 nitrogen and oxygen atoms in total. The molecule has 1 saturated heterocycles. The highest BCUT2D eigenvalue weighted by molar-refractivity contribution is 8.15. The molecule has 0 saturated carbocycles. The molecule has 9 heteroatoms. The summed E-state index contributed by atoms with van der Waals surface area (Å²) in [7, 11) is 0. The monoisotopic (exact) mass is 334 g/mol. The molecule has 0 radical (unpaired) electrons. The number of amides is 2. The van der Waals surface area contributed by atoms with Gasteiger partial charge in [-0.15, -0.1) is 0 Å². The molecule has 3 rings (SSSR count). The van der Waals surface area contributed by atoms with E-state index >= 15 is 0 Å². The van der Waals surface area contributed by atoms with Gasteiger partial charge in [0.05, 0.1) is 4.92 Å². The van der Waals surface area contributed by atoms with E-state index in [0.717, 1.165) is 6.42 Å². The van der Waals surface area contributed by atoms with Gasteiger partial charge in [-0.2, -0.15) is 0 Å². The average molecular weight is 334 g/mol. The molecule has 1 aromatic rings. The van der Waals surface area contributed by atoms with Crippen LogP contribution >= 0.6 is 11.8 Å². The zero-order valence-corrected chi connectivity index (χ0v) is 12.9. The fourth-order valence-electron chi connectivity index (χ4n) is 2.45. The third-order valence-electron chi connectivity index (χ3n) is 3.52. The second-order valence-corrected chi connectivity index (χ2v) is 6.34. The van der Waals surface area contributed by atoms with E-state index < -0.39 is 10.2 Å². The largest absolute Gasteiger partial charge is 0.326 e. The third-order valence-corrected chi connectivity index (χ3v) is 4.73. The molecule has 2 aliphatic rings. The van der Waals surface area contributed by atoms with E-state index in [9.17, 15) is 19.7 Å². The number of amidine groups is 1. The smallest absolute Gasteiger partial charge is 0.271 e. The minimum atomic E-state index is -0.526. The molecule has 1 unspecified atom stereocenters. The van der Waals surface area contributed by atoms with Gasteiger partial charge in [-0.1, -0.05) is 17.8 Å². The zero-order valence-electron chi connectivity index (χ0n) is 12.1. The molecule has 120 valence electrons. The van der Waals surface area contributed by atoms with E-state index in [1.807, 2.05) is 0 Å². The maximum Gasteiger partial charge on any atom is 0.271 e. The summed E-state index contributed by atoms with van der Waals surface area (Å²) in [5.41, 5.74) is 0.246. The highest BCUT2D eigenvalue weighted by Gasteiger charge is 2.39. The normalized spacial score (nSPS) is 20.0. The van der Waals surface area contributed by atoms with Gasteiger partial charge in [-0.25, -0.2) is 0 Å². The lowest BCUT2D eigenvalue weighted by Crippen LogP contribution is -2.36. The van der Waals surface area contributed by atoms with Gasteiger partial charge in [0.15, 0.2) is 5.17 Å². The van der Waals surface area contributed by atoms with E-state index in [0.29, 0.717) is 23.9 Å². The SMILES string of the molecule is O=C(CC1SC2=NCCCN2C1=O)Nc1cccc([N+](=O)[O-])c1. The van der Waals surface area contributed by atoms with Gasteiger partial charge in [-0.05, 0) is 12.5 Å². The number of aliphatic imine (C=N–C) groups is 1. The van der Waals surface area contributed by atoms with E-state index in [-0.39, 0.29) is 23.9 Å². The van der Waals surface area contributed by atoms with E-state index in [4.69, 9.17) is 0 Å². The van der Waals surface area contributed by atoms with Crippen LogP contribution in [0.3, 0.4) is 0 Å². The minimum Gasteiger partial charge on any atom is -0.326 e. The predicted molar refractivity (Wildman–Crippen MR) is 86.4 cm³/mol. The fourth-order valence-corrected chi connectivity index (χ4v) is 3.64. The quantitative estimate of drug-likeness (QED) is 0.665. The number of nitro benzene ring substituents is 1. The van der Waals surface area contributed by atoms with Crippen molar-refractivity contribution >= 4 is 40.1 Å². The number of hydrogen-bond acceptors (Lipinski definition) is 6. The van der Waals surface area contributed by atoms with Crippen molar-refractivity contribution in [3.05, 3.63) is 34.4 Å². The number of non-ortho nitro benzene ring substituents is 1. The van der Waals surface area contributed by atoms with Crippen LogP contribution in [-0.4, -0.2) is 45.1 Å². The van der Waals surface area contributed by atoms with E-state index in [1.54, 1.807) is 11.0 Å². The summed E-state index contributed by atoms with van der Waals surface area (Å²) in [5, 5.41) is 13.5. The average Bonchev–Trinajstić information content (AvgIpc) is 2.84. The molecule has 2 amide bonds. The number of carbonyl (C=O) groups is 2. The molecule has 1 N–H and O–H groups in total. The zero-order chi connectivity index (χ0) is 16.4. The predicted octanol–water partition coefficient (Wildman–Crippen LogP) is 1.63. The third kappa shape index (κ3) is 3.34. The number of thioether (sulfide) groups is 1. The Labute approximate surface area is 136 Å². The first-order valence-electron chi connectivity index (χ1n) is 7.11. The van der Waals surface area contributed by atoms with Gasteiger partial charge in [0.2, 0.25) is 11.8 Å². The van der Waals surface area contributed by atoms with Crippen LogP contribution in [0.5, 0.6) is 0 Å². The van der Waals surface area contributed by atoms with Crippen molar-refractivity contribution in [2.45, 2.75) is 18.1 Å². The summed E-state index contributed by atoms with van der Waals surface area (Å²) < 4.78 is 0. The first-order chi connectivity index (χ1) is 11.0. The van der Waals surface area contributed by atoms with Gasteiger partial charge in [0, 0.05) is 37.3 Å². The van der Waals surface area contributed by atoms with Crippen molar-refractivity contribution in [1.82, 2.24) is 4.90 Å². The van der Waals surface area contributed by atoms with E-state index in [2.05, 4.69) is 10.3 Å². The number of nitro groups is 1. The van der Waals surface area contributed by atoms with Crippen molar-refractivity contribution in [1.29, 1.82) is 0 Å². The van der Waals surface area contributed by atoms with Gasteiger partial charge >= 0.3 is 0 Å². The number of carbonyl (C=O) groups excluding carboxylic acids is 2. The molecular weight excluding hydrogens is 320 g/mol.